The lowest BCUT2D eigenvalue weighted by atomic mass is 10.0. The summed E-state index contributed by atoms with van der Waals surface area (Å²) in [4.78, 5) is 30.0. The quantitative estimate of drug-likeness (QED) is 0.717. The van der Waals surface area contributed by atoms with E-state index in [-0.39, 0.29) is 24.8 Å². The molecule has 0 atom stereocenters. The van der Waals surface area contributed by atoms with E-state index in [1.807, 2.05) is 57.2 Å². The van der Waals surface area contributed by atoms with Gasteiger partial charge in [0.1, 0.15) is 0 Å². The van der Waals surface area contributed by atoms with E-state index in [1.54, 1.807) is 4.90 Å². The number of nitrogens with zero attached hydrogens (tertiary/aromatic N) is 1. The van der Waals surface area contributed by atoms with Crippen molar-refractivity contribution >= 4 is 16.8 Å². The summed E-state index contributed by atoms with van der Waals surface area (Å²) < 4.78 is 10.8. The minimum atomic E-state index is -0.161. The molecular weight excluding hydrogens is 368 g/mol. The SMILES string of the molecule is CCC(=O)N(Cc1ccc2c(c1)OCO2)Cc1cc2c(C)ccc(C)c2[nH]c1=O. The van der Waals surface area contributed by atoms with E-state index in [2.05, 4.69) is 4.98 Å². The Morgan fingerprint density at radius 3 is 2.59 bits per heavy atom. The van der Waals surface area contributed by atoms with Crippen LogP contribution in [0.1, 0.15) is 35.6 Å². The number of benzene rings is 2. The molecule has 6 heteroatoms. The normalized spacial score (nSPS) is 12.4. The van der Waals surface area contributed by atoms with Gasteiger partial charge in [0.2, 0.25) is 12.7 Å². The molecule has 1 amide bonds. The molecule has 29 heavy (non-hydrogen) atoms. The molecule has 2 heterocycles. The maximum absolute atomic E-state index is 12.7. The Bertz CT molecular complexity index is 1150. The van der Waals surface area contributed by atoms with Crippen molar-refractivity contribution in [1.82, 2.24) is 9.88 Å². The lowest BCUT2D eigenvalue weighted by molar-refractivity contribution is -0.132. The highest BCUT2D eigenvalue weighted by Crippen LogP contribution is 2.33. The van der Waals surface area contributed by atoms with E-state index >= 15 is 0 Å². The van der Waals surface area contributed by atoms with Crippen LogP contribution in [0.2, 0.25) is 0 Å². The first-order valence-corrected chi connectivity index (χ1v) is 9.74. The predicted octanol–water partition coefficient (Wildman–Crippen LogP) is 3.81. The molecule has 1 aliphatic heterocycles. The van der Waals surface area contributed by atoms with Crippen molar-refractivity contribution < 1.29 is 14.3 Å². The van der Waals surface area contributed by atoms with Crippen molar-refractivity contribution in [2.45, 2.75) is 40.3 Å². The van der Waals surface area contributed by atoms with Crippen molar-refractivity contribution in [3.05, 3.63) is 69.0 Å². The molecular formula is C23H24N2O4. The maximum Gasteiger partial charge on any atom is 0.253 e. The van der Waals surface area contributed by atoms with Crippen LogP contribution in [0.5, 0.6) is 11.5 Å². The first kappa shape index (κ1) is 19.1. The van der Waals surface area contributed by atoms with Crippen molar-refractivity contribution in [3.63, 3.8) is 0 Å². The number of hydrogen-bond acceptors (Lipinski definition) is 4. The van der Waals surface area contributed by atoms with Crippen LogP contribution in [0.25, 0.3) is 10.9 Å². The average molecular weight is 392 g/mol. The second kappa shape index (κ2) is 7.62. The van der Waals surface area contributed by atoms with Gasteiger partial charge in [-0.3, -0.25) is 9.59 Å². The minimum Gasteiger partial charge on any atom is -0.454 e. The van der Waals surface area contributed by atoms with Gasteiger partial charge >= 0.3 is 0 Å². The molecule has 150 valence electrons. The van der Waals surface area contributed by atoms with Gasteiger partial charge in [-0.1, -0.05) is 25.1 Å². The third-order valence-corrected chi connectivity index (χ3v) is 5.35. The van der Waals surface area contributed by atoms with E-state index < -0.39 is 0 Å². The number of carbonyl (C=O) groups is 1. The highest BCUT2D eigenvalue weighted by Gasteiger charge is 2.18. The molecule has 0 unspecified atom stereocenters. The van der Waals surface area contributed by atoms with Gasteiger partial charge in [-0.25, -0.2) is 0 Å². The summed E-state index contributed by atoms with van der Waals surface area (Å²) >= 11 is 0. The number of aromatic nitrogens is 1. The number of hydrogen-bond donors (Lipinski definition) is 1. The van der Waals surface area contributed by atoms with E-state index in [0.717, 1.165) is 27.6 Å². The number of pyridine rings is 1. The Labute approximate surface area is 169 Å². The number of fused-ring (bicyclic) bond motifs is 2. The molecule has 0 bridgehead atoms. The lowest BCUT2D eigenvalue weighted by Gasteiger charge is -2.22. The summed E-state index contributed by atoms with van der Waals surface area (Å²) in [5.74, 6) is 1.38. The highest BCUT2D eigenvalue weighted by atomic mass is 16.7. The van der Waals surface area contributed by atoms with Gasteiger partial charge in [0, 0.05) is 23.9 Å². The van der Waals surface area contributed by atoms with Crippen LogP contribution in [0.15, 0.2) is 41.2 Å². The van der Waals surface area contributed by atoms with E-state index in [1.165, 1.54) is 0 Å². The zero-order valence-corrected chi connectivity index (χ0v) is 16.9. The van der Waals surface area contributed by atoms with Crippen LogP contribution < -0.4 is 15.0 Å². The molecule has 0 saturated carbocycles. The first-order valence-electron chi connectivity index (χ1n) is 9.74. The fourth-order valence-electron chi connectivity index (χ4n) is 3.66. The Hall–Kier alpha value is -3.28. The molecule has 1 aromatic heterocycles. The number of aryl methyl sites for hydroxylation is 2. The number of amides is 1. The summed E-state index contributed by atoms with van der Waals surface area (Å²) in [5, 5.41) is 1.01. The van der Waals surface area contributed by atoms with Gasteiger partial charge in [0.05, 0.1) is 12.1 Å². The molecule has 2 aromatic carbocycles. The molecule has 4 rings (SSSR count). The number of rotatable bonds is 5. The Kier molecular flexibility index (Phi) is 5.01. The Morgan fingerprint density at radius 1 is 1.03 bits per heavy atom. The second-order valence-corrected chi connectivity index (χ2v) is 7.40. The van der Waals surface area contributed by atoms with Gasteiger partial charge in [-0.05, 0) is 48.7 Å². The van der Waals surface area contributed by atoms with Crippen LogP contribution in [0.3, 0.4) is 0 Å². The van der Waals surface area contributed by atoms with E-state index in [0.29, 0.717) is 30.0 Å². The molecule has 0 fully saturated rings. The van der Waals surface area contributed by atoms with Crippen LogP contribution in [0, 0.1) is 13.8 Å². The monoisotopic (exact) mass is 392 g/mol. The lowest BCUT2D eigenvalue weighted by Crippen LogP contribution is -2.32. The van der Waals surface area contributed by atoms with Crippen molar-refractivity contribution in [1.29, 1.82) is 0 Å². The van der Waals surface area contributed by atoms with Gasteiger partial charge < -0.3 is 19.4 Å². The maximum atomic E-state index is 12.7. The Morgan fingerprint density at radius 2 is 1.79 bits per heavy atom. The topological polar surface area (TPSA) is 71.6 Å². The van der Waals surface area contributed by atoms with E-state index in [4.69, 9.17) is 9.47 Å². The predicted molar refractivity (Wildman–Crippen MR) is 111 cm³/mol. The van der Waals surface area contributed by atoms with E-state index in [9.17, 15) is 9.59 Å². The first-order chi connectivity index (χ1) is 14.0. The van der Waals surface area contributed by atoms with Crippen LogP contribution in [0.4, 0.5) is 0 Å². The number of ether oxygens (including phenoxy) is 2. The standard InChI is InChI=1S/C23H24N2O4/c1-4-21(26)25(11-16-7-8-19-20(9-16)29-13-28-19)12-17-10-18-14(2)5-6-15(3)22(18)24-23(17)27/h5-10H,4,11-13H2,1-3H3,(H,24,27). The summed E-state index contributed by atoms with van der Waals surface area (Å²) in [5.41, 5.74) is 4.31. The van der Waals surface area contributed by atoms with Gasteiger partial charge in [-0.15, -0.1) is 0 Å². The molecule has 0 radical (unpaired) electrons. The van der Waals surface area contributed by atoms with Crippen LogP contribution >= 0.6 is 0 Å². The molecule has 1 aliphatic rings. The number of H-pyrrole nitrogens is 1. The van der Waals surface area contributed by atoms with Gasteiger partial charge in [-0.2, -0.15) is 0 Å². The molecule has 0 aliphatic carbocycles. The molecule has 0 spiro atoms. The third kappa shape index (κ3) is 3.70. The van der Waals surface area contributed by atoms with Gasteiger partial charge in [0.15, 0.2) is 11.5 Å². The zero-order chi connectivity index (χ0) is 20.5. The van der Waals surface area contributed by atoms with Crippen molar-refractivity contribution in [2.75, 3.05) is 6.79 Å². The molecule has 3 aromatic rings. The minimum absolute atomic E-state index is 0.0110. The van der Waals surface area contributed by atoms with Crippen molar-refractivity contribution in [2.24, 2.45) is 0 Å². The molecule has 0 saturated heterocycles. The summed E-state index contributed by atoms with van der Waals surface area (Å²) in [6, 6.07) is 11.6. The van der Waals surface area contributed by atoms with Crippen LogP contribution in [-0.4, -0.2) is 22.6 Å². The smallest absolute Gasteiger partial charge is 0.253 e. The molecule has 1 N–H and O–H groups in total. The van der Waals surface area contributed by atoms with Crippen molar-refractivity contribution in [3.8, 4) is 11.5 Å². The number of aromatic amines is 1. The average Bonchev–Trinajstić information content (AvgIpc) is 3.18. The highest BCUT2D eigenvalue weighted by molar-refractivity contribution is 5.85. The summed E-state index contributed by atoms with van der Waals surface area (Å²) in [6.07, 6.45) is 0.369. The summed E-state index contributed by atoms with van der Waals surface area (Å²) in [7, 11) is 0. The Balaban J connectivity index is 1.67. The molecule has 6 nitrogen and oxygen atoms in total. The number of nitrogens with one attached hydrogen (secondary N) is 1. The zero-order valence-electron chi connectivity index (χ0n) is 16.9. The van der Waals surface area contributed by atoms with Gasteiger partial charge in [0.25, 0.3) is 5.56 Å². The third-order valence-electron chi connectivity index (χ3n) is 5.35. The largest absolute Gasteiger partial charge is 0.454 e. The fourth-order valence-corrected chi connectivity index (χ4v) is 3.66. The number of carbonyl (C=O) groups excluding carboxylic acids is 1. The fraction of sp³-hybridized carbons (Fsp3) is 0.304. The second-order valence-electron chi connectivity index (χ2n) is 7.40. The summed E-state index contributed by atoms with van der Waals surface area (Å²) in [6.45, 7) is 6.68. The van der Waals surface area contributed by atoms with Crippen LogP contribution in [-0.2, 0) is 17.9 Å².